The maximum Gasteiger partial charge on any atom is 0.293 e. The number of aryl methyl sites for hydroxylation is 1. The number of hydrogen-bond acceptors (Lipinski definition) is 6. The number of nitrogen functional groups attached to an aromatic ring is 1. The number of hydrogen-bond donors (Lipinski definition) is 2. The van der Waals surface area contributed by atoms with Crippen molar-refractivity contribution in [2.45, 2.75) is 30.7 Å². The summed E-state index contributed by atoms with van der Waals surface area (Å²) in [5.74, 6) is 1.82. The van der Waals surface area contributed by atoms with Crippen LogP contribution in [0.25, 0.3) is 0 Å². The van der Waals surface area contributed by atoms with E-state index in [1.54, 1.807) is 18.7 Å². The molecule has 2 rings (SSSR count). The number of sulfonamides is 1. The van der Waals surface area contributed by atoms with Crippen LogP contribution in [0.1, 0.15) is 18.4 Å². The molecular formula is C12H17N3O4S2. The summed E-state index contributed by atoms with van der Waals surface area (Å²) >= 11 is 1.79. The van der Waals surface area contributed by atoms with Gasteiger partial charge >= 0.3 is 0 Å². The zero-order valence-corrected chi connectivity index (χ0v) is 13.2. The van der Waals surface area contributed by atoms with Crippen molar-refractivity contribution in [1.29, 1.82) is 0 Å². The predicted molar refractivity (Wildman–Crippen MR) is 82.9 cm³/mol. The first-order valence-corrected chi connectivity index (χ1v) is 9.09. The van der Waals surface area contributed by atoms with Crippen molar-refractivity contribution >= 4 is 33.2 Å². The smallest absolute Gasteiger partial charge is 0.293 e. The Kier molecular flexibility index (Phi) is 4.74. The Balaban J connectivity index is 2.34. The maximum absolute atomic E-state index is 12.4. The van der Waals surface area contributed by atoms with Gasteiger partial charge in [-0.25, -0.2) is 13.1 Å². The quantitative estimate of drug-likeness (QED) is 0.492. The first kappa shape index (κ1) is 16.1. The molecule has 0 unspecified atom stereocenters. The van der Waals surface area contributed by atoms with Gasteiger partial charge in [-0.15, -0.1) is 0 Å². The number of nitrogens with zero attached hydrogens (tertiary/aromatic N) is 1. The molecule has 0 amide bonds. The van der Waals surface area contributed by atoms with Crippen LogP contribution in [0.2, 0.25) is 0 Å². The highest BCUT2D eigenvalue weighted by molar-refractivity contribution is 7.99. The predicted octanol–water partition coefficient (Wildman–Crippen LogP) is 1.66. The Morgan fingerprint density at radius 1 is 1.38 bits per heavy atom. The minimum absolute atomic E-state index is 0.0366. The molecule has 1 fully saturated rings. The SMILES string of the molecule is Cc1cc(N)c([N+](=O)[O-])cc1S(=O)(=O)NC1CCSCC1. The standard InChI is InChI=1S/C12H17N3O4S2/c1-8-6-10(13)11(15(16)17)7-12(8)21(18,19)14-9-2-4-20-5-3-9/h6-7,9,14H,2-5,13H2,1H3. The van der Waals surface area contributed by atoms with Crippen molar-refractivity contribution in [3.8, 4) is 0 Å². The van der Waals surface area contributed by atoms with Crippen LogP contribution in [0.3, 0.4) is 0 Å². The highest BCUT2D eigenvalue weighted by Gasteiger charge is 2.26. The van der Waals surface area contributed by atoms with Crippen LogP contribution in [0.15, 0.2) is 17.0 Å². The Hall–Kier alpha value is -1.32. The maximum atomic E-state index is 12.4. The third kappa shape index (κ3) is 3.66. The first-order valence-electron chi connectivity index (χ1n) is 6.46. The van der Waals surface area contributed by atoms with E-state index in [0.717, 1.165) is 30.4 Å². The van der Waals surface area contributed by atoms with E-state index in [1.165, 1.54) is 6.07 Å². The normalized spacial score (nSPS) is 16.8. The second-order valence-electron chi connectivity index (χ2n) is 4.94. The number of nitro groups is 1. The Labute approximate surface area is 127 Å². The fraction of sp³-hybridized carbons (Fsp3) is 0.500. The summed E-state index contributed by atoms with van der Waals surface area (Å²) in [7, 11) is -3.78. The number of rotatable bonds is 4. The van der Waals surface area contributed by atoms with Gasteiger partial charge in [0.25, 0.3) is 5.69 Å². The number of nitro benzene ring substituents is 1. The molecule has 1 aromatic carbocycles. The summed E-state index contributed by atoms with van der Waals surface area (Å²) in [5, 5.41) is 10.9. The molecule has 0 radical (unpaired) electrons. The van der Waals surface area contributed by atoms with Gasteiger partial charge in [0.1, 0.15) is 5.69 Å². The van der Waals surface area contributed by atoms with Gasteiger partial charge in [-0.05, 0) is 42.9 Å². The molecule has 116 valence electrons. The molecular weight excluding hydrogens is 314 g/mol. The molecule has 0 bridgehead atoms. The first-order chi connectivity index (χ1) is 9.81. The summed E-state index contributed by atoms with van der Waals surface area (Å²) in [6.07, 6.45) is 1.53. The topological polar surface area (TPSA) is 115 Å². The molecule has 0 aromatic heterocycles. The number of anilines is 1. The van der Waals surface area contributed by atoms with Crippen LogP contribution in [0.5, 0.6) is 0 Å². The van der Waals surface area contributed by atoms with E-state index in [4.69, 9.17) is 5.73 Å². The molecule has 0 atom stereocenters. The van der Waals surface area contributed by atoms with Gasteiger partial charge in [0.2, 0.25) is 10.0 Å². The average molecular weight is 331 g/mol. The van der Waals surface area contributed by atoms with Crippen molar-refractivity contribution in [2.24, 2.45) is 0 Å². The molecule has 21 heavy (non-hydrogen) atoms. The van der Waals surface area contributed by atoms with Gasteiger partial charge in [-0.1, -0.05) is 0 Å². The van der Waals surface area contributed by atoms with Crippen molar-refractivity contribution < 1.29 is 13.3 Å². The Morgan fingerprint density at radius 3 is 2.57 bits per heavy atom. The van der Waals surface area contributed by atoms with Gasteiger partial charge < -0.3 is 5.73 Å². The summed E-state index contributed by atoms with van der Waals surface area (Å²) in [5.41, 5.74) is 5.53. The molecule has 1 aliphatic heterocycles. The molecule has 1 aliphatic rings. The number of thioether (sulfide) groups is 1. The van der Waals surface area contributed by atoms with E-state index in [-0.39, 0.29) is 22.3 Å². The molecule has 3 N–H and O–H groups in total. The fourth-order valence-electron chi connectivity index (χ4n) is 2.25. The molecule has 1 saturated heterocycles. The lowest BCUT2D eigenvalue weighted by Crippen LogP contribution is -2.37. The van der Waals surface area contributed by atoms with Crippen LogP contribution in [-0.2, 0) is 10.0 Å². The van der Waals surface area contributed by atoms with Gasteiger partial charge in [-0.3, -0.25) is 10.1 Å². The van der Waals surface area contributed by atoms with Gasteiger partial charge in [0, 0.05) is 12.1 Å². The molecule has 0 spiro atoms. The fourth-order valence-corrected chi connectivity index (χ4v) is 4.90. The van der Waals surface area contributed by atoms with Gasteiger partial charge in [0.05, 0.1) is 9.82 Å². The minimum atomic E-state index is -3.78. The summed E-state index contributed by atoms with van der Waals surface area (Å²) in [6.45, 7) is 1.57. The lowest BCUT2D eigenvalue weighted by Gasteiger charge is -2.22. The molecule has 9 heteroatoms. The second kappa shape index (κ2) is 6.20. The van der Waals surface area contributed by atoms with E-state index in [1.807, 2.05) is 0 Å². The van der Waals surface area contributed by atoms with E-state index >= 15 is 0 Å². The van der Waals surface area contributed by atoms with Crippen LogP contribution in [0.4, 0.5) is 11.4 Å². The molecule has 7 nitrogen and oxygen atoms in total. The van der Waals surface area contributed by atoms with E-state index in [9.17, 15) is 18.5 Å². The van der Waals surface area contributed by atoms with Crippen molar-refractivity contribution in [3.05, 3.63) is 27.8 Å². The summed E-state index contributed by atoms with van der Waals surface area (Å²) in [6, 6.07) is 2.24. The lowest BCUT2D eigenvalue weighted by atomic mass is 10.2. The molecule has 1 heterocycles. The average Bonchev–Trinajstić information content (AvgIpc) is 2.38. The highest BCUT2D eigenvalue weighted by atomic mass is 32.2. The van der Waals surface area contributed by atoms with Crippen LogP contribution in [-0.4, -0.2) is 30.9 Å². The largest absolute Gasteiger partial charge is 0.393 e. The third-order valence-corrected chi connectivity index (χ3v) is 6.06. The molecule has 0 aliphatic carbocycles. The number of benzene rings is 1. The number of nitrogens with one attached hydrogen (secondary N) is 1. The lowest BCUT2D eigenvalue weighted by molar-refractivity contribution is -0.384. The van der Waals surface area contributed by atoms with Crippen LogP contribution >= 0.6 is 11.8 Å². The van der Waals surface area contributed by atoms with E-state index in [2.05, 4.69) is 4.72 Å². The summed E-state index contributed by atoms with van der Waals surface area (Å²) in [4.78, 5) is 10.2. The van der Waals surface area contributed by atoms with Crippen LogP contribution < -0.4 is 10.5 Å². The minimum Gasteiger partial charge on any atom is -0.393 e. The zero-order valence-electron chi connectivity index (χ0n) is 11.5. The molecule has 1 aromatic rings. The van der Waals surface area contributed by atoms with Gasteiger partial charge in [0.15, 0.2) is 0 Å². The van der Waals surface area contributed by atoms with Crippen molar-refractivity contribution in [1.82, 2.24) is 4.72 Å². The van der Waals surface area contributed by atoms with E-state index < -0.39 is 14.9 Å². The third-order valence-electron chi connectivity index (χ3n) is 3.35. The monoisotopic (exact) mass is 331 g/mol. The van der Waals surface area contributed by atoms with Crippen LogP contribution in [0, 0.1) is 17.0 Å². The number of nitrogens with two attached hydrogens (primary N) is 1. The highest BCUT2D eigenvalue weighted by Crippen LogP contribution is 2.29. The van der Waals surface area contributed by atoms with E-state index in [0.29, 0.717) is 5.56 Å². The zero-order chi connectivity index (χ0) is 15.6. The second-order valence-corrected chi connectivity index (χ2v) is 7.85. The Bertz CT molecular complexity index is 655. The Morgan fingerprint density at radius 2 is 2.00 bits per heavy atom. The van der Waals surface area contributed by atoms with Crippen molar-refractivity contribution in [2.75, 3.05) is 17.2 Å². The summed E-state index contributed by atoms with van der Waals surface area (Å²) < 4.78 is 27.5. The van der Waals surface area contributed by atoms with Crippen molar-refractivity contribution in [3.63, 3.8) is 0 Å². The molecule has 0 saturated carbocycles. The van der Waals surface area contributed by atoms with Gasteiger partial charge in [-0.2, -0.15) is 11.8 Å².